The summed E-state index contributed by atoms with van der Waals surface area (Å²) in [6, 6.07) is 10.9. The van der Waals surface area contributed by atoms with E-state index in [4.69, 9.17) is 9.15 Å². The molecule has 26 heavy (non-hydrogen) atoms. The molecule has 1 saturated heterocycles. The number of ether oxygens (including phenoxy) is 1. The zero-order valence-electron chi connectivity index (χ0n) is 14.9. The highest BCUT2D eigenvalue weighted by Crippen LogP contribution is 2.18. The van der Waals surface area contributed by atoms with E-state index in [9.17, 15) is 9.00 Å². The van der Waals surface area contributed by atoms with Gasteiger partial charge in [-0.05, 0) is 30.7 Å². The summed E-state index contributed by atoms with van der Waals surface area (Å²) in [6.45, 7) is 6.56. The second kappa shape index (κ2) is 9.12. The van der Waals surface area contributed by atoms with Crippen LogP contribution in [-0.4, -0.2) is 54.4 Å². The molecule has 1 atom stereocenters. The third-order valence-corrected chi connectivity index (χ3v) is 5.81. The SMILES string of the molecule is Cc1ccccc1[S@@](=O)Cc1ccc(C(=O)NCCN2CCOCC2)o1. The van der Waals surface area contributed by atoms with E-state index in [2.05, 4.69) is 10.2 Å². The fourth-order valence-electron chi connectivity index (χ4n) is 2.84. The van der Waals surface area contributed by atoms with Crippen LogP contribution in [0.25, 0.3) is 0 Å². The molecule has 1 aliphatic heterocycles. The number of carbonyl (C=O) groups excluding carboxylic acids is 1. The lowest BCUT2D eigenvalue weighted by atomic mass is 10.2. The second-order valence-corrected chi connectivity index (χ2v) is 7.65. The van der Waals surface area contributed by atoms with Gasteiger partial charge in [0.05, 0.1) is 29.8 Å². The van der Waals surface area contributed by atoms with Gasteiger partial charge in [-0.3, -0.25) is 13.9 Å². The van der Waals surface area contributed by atoms with E-state index in [0.717, 1.165) is 43.3 Å². The van der Waals surface area contributed by atoms with Gasteiger partial charge in [0.2, 0.25) is 0 Å². The van der Waals surface area contributed by atoms with Crippen molar-refractivity contribution in [1.29, 1.82) is 0 Å². The molecule has 0 unspecified atom stereocenters. The quantitative estimate of drug-likeness (QED) is 0.800. The molecule has 140 valence electrons. The van der Waals surface area contributed by atoms with Gasteiger partial charge < -0.3 is 14.5 Å². The van der Waals surface area contributed by atoms with E-state index in [-0.39, 0.29) is 17.4 Å². The van der Waals surface area contributed by atoms with Crippen molar-refractivity contribution >= 4 is 16.7 Å². The van der Waals surface area contributed by atoms with E-state index < -0.39 is 10.8 Å². The average molecular weight is 376 g/mol. The molecule has 1 aliphatic rings. The Labute approximate surface area is 156 Å². The number of hydrogen-bond donors (Lipinski definition) is 1. The number of amides is 1. The van der Waals surface area contributed by atoms with Crippen molar-refractivity contribution in [2.75, 3.05) is 39.4 Å². The Kier molecular flexibility index (Phi) is 6.60. The third-order valence-electron chi connectivity index (χ3n) is 4.31. The van der Waals surface area contributed by atoms with Crippen LogP contribution in [0, 0.1) is 6.92 Å². The molecule has 2 heterocycles. The van der Waals surface area contributed by atoms with E-state index in [1.54, 1.807) is 12.1 Å². The third kappa shape index (κ3) is 5.03. The number of carbonyl (C=O) groups is 1. The van der Waals surface area contributed by atoms with E-state index in [0.29, 0.717) is 12.3 Å². The molecule has 3 rings (SSSR count). The van der Waals surface area contributed by atoms with Crippen molar-refractivity contribution in [3.05, 3.63) is 53.5 Å². The molecule has 1 N–H and O–H groups in total. The van der Waals surface area contributed by atoms with Crippen LogP contribution < -0.4 is 5.32 Å². The lowest BCUT2D eigenvalue weighted by Gasteiger charge is -2.26. The molecule has 1 aromatic heterocycles. The molecule has 0 saturated carbocycles. The van der Waals surface area contributed by atoms with Gasteiger partial charge in [0.1, 0.15) is 5.76 Å². The fraction of sp³-hybridized carbons (Fsp3) is 0.421. The maximum absolute atomic E-state index is 12.5. The van der Waals surface area contributed by atoms with Crippen LogP contribution in [0.4, 0.5) is 0 Å². The summed E-state index contributed by atoms with van der Waals surface area (Å²) < 4.78 is 23.4. The first-order valence-corrected chi connectivity index (χ1v) is 10.1. The Morgan fingerprint density at radius 1 is 1.19 bits per heavy atom. The van der Waals surface area contributed by atoms with Crippen LogP contribution in [0.5, 0.6) is 0 Å². The number of morpholine rings is 1. The normalized spacial score (nSPS) is 16.3. The summed E-state index contributed by atoms with van der Waals surface area (Å²) in [4.78, 5) is 15.2. The average Bonchev–Trinajstić information content (AvgIpc) is 3.11. The molecule has 6 nitrogen and oxygen atoms in total. The molecular weight excluding hydrogens is 352 g/mol. The molecule has 1 aromatic carbocycles. The molecule has 2 aromatic rings. The van der Waals surface area contributed by atoms with Crippen molar-refractivity contribution in [3.8, 4) is 0 Å². The molecule has 0 spiro atoms. The number of rotatable bonds is 7. The van der Waals surface area contributed by atoms with Crippen molar-refractivity contribution in [3.63, 3.8) is 0 Å². The van der Waals surface area contributed by atoms with Crippen LogP contribution in [0.1, 0.15) is 21.9 Å². The Morgan fingerprint density at radius 2 is 1.96 bits per heavy atom. The number of benzene rings is 1. The van der Waals surface area contributed by atoms with Gasteiger partial charge in [-0.2, -0.15) is 0 Å². The number of hydrogen-bond acceptors (Lipinski definition) is 5. The van der Waals surface area contributed by atoms with Crippen molar-refractivity contribution < 1.29 is 18.2 Å². The zero-order valence-corrected chi connectivity index (χ0v) is 15.7. The summed E-state index contributed by atoms with van der Waals surface area (Å²) in [5, 5.41) is 2.86. The minimum absolute atomic E-state index is 0.244. The van der Waals surface area contributed by atoms with Crippen LogP contribution in [-0.2, 0) is 21.3 Å². The Bertz CT molecular complexity index is 768. The topological polar surface area (TPSA) is 71.8 Å². The van der Waals surface area contributed by atoms with E-state index >= 15 is 0 Å². The summed E-state index contributed by atoms with van der Waals surface area (Å²) >= 11 is 0. The fourth-order valence-corrected chi connectivity index (χ4v) is 4.06. The van der Waals surface area contributed by atoms with Crippen molar-refractivity contribution in [2.45, 2.75) is 17.6 Å². The van der Waals surface area contributed by atoms with Crippen LogP contribution in [0.3, 0.4) is 0 Å². The summed E-state index contributed by atoms with van der Waals surface area (Å²) in [6.07, 6.45) is 0. The van der Waals surface area contributed by atoms with Gasteiger partial charge in [0.25, 0.3) is 5.91 Å². The minimum atomic E-state index is -1.20. The van der Waals surface area contributed by atoms with Gasteiger partial charge in [-0.1, -0.05) is 18.2 Å². The first-order chi connectivity index (χ1) is 12.6. The maximum Gasteiger partial charge on any atom is 0.287 e. The Morgan fingerprint density at radius 3 is 2.73 bits per heavy atom. The molecule has 1 amide bonds. The smallest absolute Gasteiger partial charge is 0.287 e. The standard InChI is InChI=1S/C19H24N2O4S/c1-15-4-2-3-5-18(15)26(23)14-16-6-7-17(25-16)19(22)20-8-9-21-10-12-24-13-11-21/h2-7H,8-14H2,1H3,(H,20,22)/t26-/m0/s1. The Hall–Kier alpha value is -1.96. The monoisotopic (exact) mass is 376 g/mol. The van der Waals surface area contributed by atoms with Gasteiger partial charge in [-0.25, -0.2) is 0 Å². The number of aryl methyl sites for hydroxylation is 1. The molecule has 7 heteroatoms. The van der Waals surface area contributed by atoms with Gasteiger partial charge in [-0.15, -0.1) is 0 Å². The highest BCUT2D eigenvalue weighted by atomic mass is 32.2. The van der Waals surface area contributed by atoms with E-state index in [1.165, 1.54) is 0 Å². The summed E-state index contributed by atoms with van der Waals surface area (Å²) in [5.41, 5.74) is 0.985. The van der Waals surface area contributed by atoms with Gasteiger partial charge in [0.15, 0.2) is 5.76 Å². The van der Waals surface area contributed by atoms with Crippen molar-refractivity contribution in [1.82, 2.24) is 10.2 Å². The van der Waals surface area contributed by atoms with Gasteiger partial charge >= 0.3 is 0 Å². The molecule has 0 bridgehead atoms. The van der Waals surface area contributed by atoms with Crippen molar-refractivity contribution in [2.24, 2.45) is 0 Å². The first-order valence-electron chi connectivity index (χ1n) is 8.74. The second-order valence-electron chi connectivity index (χ2n) is 6.23. The molecular formula is C19H24N2O4S. The predicted octanol–water partition coefficient (Wildman–Crippen LogP) is 1.96. The highest BCUT2D eigenvalue weighted by molar-refractivity contribution is 7.84. The number of furan rings is 1. The lowest BCUT2D eigenvalue weighted by molar-refractivity contribution is 0.0382. The highest BCUT2D eigenvalue weighted by Gasteiger charge is 2.15. The molecule has 0 aliphatic carbocycles. The Balaban J connectivity index is 1.49. The number of nitrogens with one attached hydrogen (secondary N) is 1. The van der Waals surface area contributed by atoms with Crippen LogP contribution in [0.2, 0.25) is 0 Å². The largest absolute Gasteiger partial charge is 0.455 e. The zero-order chi connectivity index (χ0) is 18.4. The summed E-state index contributed by atoms with van der Waals surface area (Å²) in [7, 11) is -1.20. The maximum atomic E-state index is 12.5. The summed E-state index contributed by atoms with van der Waals surface area (Å²) in [5.74, 6) is 0.811. The number of nitrogens with zero attached hydrogens (tertiary/aromatic N) is 1. The molecule has 1 fully saturated rings. The molecule has 0 radical (unpaired) electrons. The minimum Gasteiger partial charge on any atom is -0.455 e. The van der Waals surface area contributed by atoms with Crippen LogP contribution >= 0.6 is 0 Å². The lowest BCUT2D eigenvalue weighted by Crippen LogP contribution is -2.41. The van der Waals surface area contributed by atoms with E-state index in [1.807, 2.05) is 31.2 Å². The van der Waals surface area contributed by atoms with Crippen LogP contribution in [0.15, 0.2) is 45.7 Å². The first kappa shape index (κ1) is 18.8. The van der Waals surface area contributed by atoms with Gasteiger partial charge in [0, 0.05) is 31.1 Å². The predicted molar refractivity (Wildman–Crippen MR) is 99.6 cm³/mol.